The molecule has 1 saturated heterocycles. The van der Waals surface area contributed by atoms with Crippen molar-refractivity contribution in [2.24, 2.45) is 0 Å². The second-order valence-corrected chi connectivity index (χ2v) is 7.53. The van der Waals surface area contributed by atoms with Gasteiger partial charge in [-0.3, -0.25) is 14.5 Å². The topological polar surface area (TPSA) is 95.7 Å². The molecule has 0 spiro atoms. The van der Waals surface area contributed by atoms with Gasteiger partial charge in [0.15, 0.2) is 0 Å². The van der Waals surface area contributed by atoms with E-state index in [2.05, 4.69) is 48.4 Å². The van der Waals surface area contributed by atoms with Crippen LogP contribution in [0.2, 0.25) is 0 Å². The normalized spacial score (nSPS) is 17.0. The summed E-state index contributed by atoms with van der Waals surface area (Å²) >= 11 is 0. The van der Waals surface area contributed by atoms with Crippen molar-refractivity contribution in [2.75, 3.05) is 13.2 Å². The minimum absolute atomic E-state index is 0.0772. The highest BCUT2D eigenvalue weighted by molar-refractivity contribution is 5.92. The second kappa shape index (κ2) is 8.62. The van der Waals surface area contributed by atoms with Gasteiger partial charge in [-0.1, -0.05) is 6.07 Å². The minimum Gasteiger partial charge on any atom is -0.410 e. The number of H-pyrrole nitrogens is 1. The van der Waals surface area contributed by atoms with Crippen molar-refractivity contribution < 1.29 is 19.2 Å². The number of aromatic nitrogens is 1. The van der Waals surface area contributed by atoms with Crippen LogP contribution in [0.5, 0.6) is 5.75 Å². The number of benzene rings is 1. The summed E-state index contributed by atoms with van der Waals surface area (Å²) in [7, 11) is 0. The molecule has 8 heteroatoms. The van der Waals surface area contributed by atoms with Crippen LogP contribution in [0.4, 0.5) is 4.79 Å². The van der Waals surface area contributed by atoms with E-state index in [9.17, 15) is 9.59 Å². The van der Waals surface area contributed by atoms with Crippen molar-refractivity contribution in [1.29, 1.82) is 0 Å². The van der Waals surface area contributed by atoms with Gasteiger partial charge in [-0.15, -0.1) is 0 Å². The van der Waals surface area contributed by atoms with Gasteiger partial charge in [-0.05, 0) is 51.8 Å². The van der Waals surface area contributed by atoms with Gasteiger partial charge in [-0.25, -0.2) is 10.3 Å². The number of carbonyl (C=O) groups excluding carboxylic acids is 2. The number of hydroxylamine groups is 1. The zero-order chi connectivity index (χ0) is 20.3. The van der Waals surface area contributed by atoms with Gasteiger partial charge in [0.25, 0.3) is 5.91 Å². The van der Waals surface area contributed by atoms with Crippen LogP contribution in [0.1, 0.15) is 33.3 Å². The van der Waals surface area contributed by atoms with E-state index in [1.807, 2.05) is 18.3 Å². The first-order chi connectivity index (χ1) is 13.4. The smallest absolute Gasteiger partial charge is 0.410 e. The molecular formula is C20H28N4O4. The van der Waals surface area contributed by atoms with Gasteiger partial charge in [0.2, 0.25) is 0 Å². The molecule has 0 radical (unpaired) electrons. The molecule has 3 rings (SSSR count). The molecule has 1 aliphatic heterocycles. The van der Waals surface area contributed by atoms with E-state index in [4.69, 9.17) is 9.57 Å². The van der Waals surface area contributed by atoms with E-state index in [0.717, 1.165) is 29.4 Å². The van der Waals surface area contributed by atoms with E-state index >= 15 is 0 Å². The van der Waals surface area contributed by atoms with Crippen molar-refractivity contribution >= 4 is 22.9 Å². The number of fused-ring (bicyclic) bond motifs is 1. The van der Waals surface area contributed by atoms with Crippen molar-refractivity contribution in [2.45, 2.75) is 52.2 Å². The van der Waals surface area contributed by atoms with E-state index in [1.54, 1.807) is 6.07 Å². The summed E-state index contributed by atoms with van der Waals surface area (Å²) in [5, 5.41) is 3.40. The Bertz CT molecular complexity index is 838. The fourth-order valence-electron chi connectivity index (χ4n) is 3.59. The van der Waals surface area contributed by atoms with Gasteiger partial charge < -0.3 is 15.0 Å². The van der Waals surface area contributed by atoms with Crippen LogP contribution in [-0.2, 0) is 16.1 Å². The Kier molecular flexibility index (Phi) is 6.21. The lowest BCUT2D eigenvalue weighted by molar-refractivity contribution is -0.125. The van der Waals surface area contributed by atoms with Gasteiger partial charge in [0.1, 0.15) is 18.4 Å². The van der Waals surface area contributed by atoms with Crippen molar-refractivity contribution in [1.82, 2.24) is 20.7 Å². The first-order valence-electron chi connectivity index (χ1n) is 9.61. The molecule has 0 bridgehead atoms. The molecule has 152 valence electrons. The quantitative estimate of drug-likeness (QED) is 0.677. The monoisotopic (exact) mass is 388 g/mol. The molecule has 28 heavy (non-hydrogen) atoms. The number of rotatable bonds is 7. The zero-order valence-corrected chi connectivity index (χ0v) is 16.7. The molecule has 3 N–H and O–H groups in total. The fourth-order valence-corrected chi connectivity index (χ4v) is 3.59. The third kappa shape index (κ3) is 4.45. The first kappa shape index (κ1) is 20.2. The number of amides is 2. The number of ether oxygens (including phenoxy) is 1. The molecule has 0 saturated carbocycles. The average Bonchev–Trinajstić information content (AvgIpc) is 3.22. The Hall–Kier alpha value is -2.58. The lowest BCUT2D eigenvalue weighted by atomic mass is 10.1. The Morgan fingerprint density at radius 2 is 2.07 bits per heavy atom. The second-order valence-electron chi connectivity index (χ2n) is 7.53. The maximum Gasteiger partial charge on any atom is 0.413 e. The van der Waals surface area contributed by atoms with Crippen LogP contribution in [-0.4, -0.2) is 53.2 Å². The molecule has 1 fully saturated rings. The van der Waals surface area contributed by atoms with Gasteiger partial charge in [0.05, 0.1) is 0 Å². The van der Waals surface area contributed by atoms with E-state index in [1.165, 1.54) is 0 Å². The number of nitrogens with zero attached hydrogens (tertiary/aromatic N) is 1. The summed E-state index contributed by atoms with van der Waals surface area (Å²) in [6.45, 7) is 9.75. The summed E-state index contributed by atoms with van der Waals surface area (Å²) in [5.74, 6) is 0.0752. The number of hydrogen-bond donors (Lipinski definition) is 3. The van der Waals surface area contributed by atoms with Gasteiger partial charge in [-0.2, -0.15) is 0 Å². The molecule has 1 aromatic heterocycles. The molecular weight excluding hydrogens is 360 g/mol. The maximum atomic E-state index is 12.2. The number of aromatic amines is 1. The van der Waals surface area contributed by atoms with Gasteiger partial charge in [0, 0.05) is 35.7 Å². The van der Waals surface area contributed by atoms with Crippen molar-refractivity contribution in [3.05, 3.63) is 30.0 Å². The van der Waals surface area contributed by atoms with E-state index in [-0.39, 0.29) is 12.5 Å². The predicted octanol–water partition coefficient (Wildman–Crippen LogP) is 2.35. The highest BCUT2D eigenvalue weighted by atomic mass is 16.7. The summed E-state index contributed by atoms with van der Waals surface area (Å²) in [5.41, 5.74) is 4.19. The molecule has 1 aliphatic rings. The molecule has 2 amide bonds. The molecule has 0 unspecified atom stereocenters. The Morgan fingerprint density at radius 1 is 1.32 bits per heavy atom. The predicted molar refractivity (Wildman–Crippen MR) is 106 cm³/mol. The third-order valence-corrected chi connectivity index (χ3v) is 4.95. The molecule has 1 aromatic carbocycles. The summed E-state index contributed by atoms with van der Waals surface area (Å²) in [6.07, 6.45) is 2.11. The summed E-state index contributed by atoms with van der Waals surface area (Å²) < 4.78 is 5.52. The minimum atomic E-state index is -0.747. The standard InChI is InChI=1S/C20H28N4O4/c1-12(2)24(13(3)4)9-8-14-10-21-15-6-5-7-17(18(14)15)28-20(26)22-16-11-27-23-19(16)25/h5-7,10,12-13,16,21H,8-9,11H2,1-4H3,(H,22,26)(H,23,25)/t16-/m1/s1. The average molecular weight is 388 g/mol. The highest BCUT2D eigenvalue weighted by Crippen LogP contribution is 2.29. The third-order valence-electron chi connectivity index (χ3n) is 4.95. The Labute approximate surface area is 164 Å². The van der Waals surface area contributed by atoms with Crippen LogP contribution < -0.4 is 15.5 Å². The van der Waals surface area contributed by atoms with Crippen LogP contribution in [0.3, 0.4) is 0 Å². The van der Waals surface area contributed by atoms with E-state index in [0.29, 0.717) is 17.8 Å². The number of nitrogens with one attached hydrogen (secondary N) is 3. The number of carbonyl (C=O) groups is 2. The van der Waals surface area contributed by atoms with Crippen LogP contribution >= 0.6 is 0 Å². The van der Waals surface area contributed by atoms with Gasteiger partial charge >= 0.3 is 6.09 Å². The van der Waals surface area contributed by atoms with Crippen LogP contribution in [0.25, 0.3) is 10.9 Å². The van der Waals surface area contributed by atoms with Crippen molar-refractivity contribution in [3.8, 4) is 5.75 Å². The SMILES string of the molecule is CC(C)N(CCc1c[nH]c2cccc(OC(=O)N[C@@H]3CONC3=O)c12)C(C)C. The van der Waals surface area contributed by atoms with Crippen LogP contribution in [0, 0.1) is 0 Å². The lowest BCUT2D eigenvalue weighted by Gasteiger charge is -2.30. The summed E-state index contributed by atoms with van der Waals surface area (Å²) in [6, 6.07) is 5.68. The molecule has 2 aromatic rings. The highest BCUT2D eigenvalue weighted by Gasteiger charge is 2.28. The summed E-state index contributed by atoms with van der Waals surface area (Å²) in [4.78, 5) is 34.3. The number of hydrogen-bond acceptors (Lipinski definition) is 5. The fraction of sp³-hybridized carbons (Fsp3) is 0.500. The first-order valence-corrected chi connectivity index (χ1v) is 9.61. The molecule has 1 atom stereocenters. The molecule has 8 nitrogen and oxygen atoms in total. The Morgan fingerprint density at radius 3 is 2.71 bits per heavy atom. The van der Waals surface area contributed by atoms with Crippen molar-refractivity contribution in [3.63, 3.8) is 0 Å². The molecule has 2 heterocycles. The lowest BCUT2D eigenvalue weighted by Crippen LogP contribution is -2.43. The van der Waals surface area contributed by atoms with E-state index < -0.39 is 12.1 Å². The molecule has 0 aliphatic carbocycles. The maximum absolute atomic E-state index is 12.2. The van der Waals surface area contributed by atoms with Crippen LogP contribution in [0.15, 0.2) is 24.4 Å². The largest absolute Gasteiger partial charge is 0.413 e. The zero-order valence-electron chi connectivity index (χ0n) is 16.7. The Balaban J connectivity index is 1.75.